The number of halogens is 1. The van der Waals surface area contributed by atoms with Crippen LogP contribution < -0.4 is 10.5 Å². The molecule has 1 aromatic rings. The largest absolute Gasteiger partial charge is 0.496 e. The Bertz CT molecular complexity index is 336. The van der Waals surface area contributed by atoms with Crippen molar-refractivity contribution < 1.29 is 4.74 Å². The molecule has 0 aliphatic carbocycles. The average molecular weight is 319 g/mol. The maximum atomic E-state index is 5.64. The van der Waals surface area contributed by atoms with Crippen molar-refractivity contribution in [2.24, 2.45) is 5.73 Å². The third-order valence-electron chi connectivity index (χ3n) is 2.66. The second-order valence-electron chi connectivity index (χ2n) is 4.27. The number of methoxy groups -OCH3 is 1. The number of hydrogen-bond donors (Lipinski definition) is 1. The molecule has 0 aromatic heterocycles. The van der Waals surface area contributed by atoms with E-state index in [9.17, 15) is 0 Å². The molecule has 0 radical (unpaired) electrons. The standard InChI is InChI=1S/C12H18INO/c1-12(2,6-7-14)10-8-9(13)4-5-11(10)15-3/h4-5,8H,6-7,14H2,1-3H3. The summed E-state index contributed by atoms with van der Waals surface area (Å²) < 4.78 is 6.62. The van der Waals surface area contributed by atoms with E-state index in [0.717, 1.165) is 12.2 Å². The summed E-state index contributed by atoms with van der Waals surface area (Å²) >= 11 is 2.32. The molecule has 84 valence electrons. The van der Waals surface area contributed by atoms with Crippen molar-refractivity contribution in [1.82, 2.24) is 0 Å². The van der Waals surface area contributed by atoms with Crippen LogP contribution in [0.3, 0.4) is 0 Å². The molecule has 15 heavy (non-hydrogen) atoms. The predicted molar refractivity (Wildman–Crippen MR) is 72.4 cm³/mol. The van der Waals surface area contributed by atoms with Crippen LogP contribution in [0.25, 0.3) is 0 Å². The predicted octanol–water partition coefficient (Wildman–Crippen LogP) is 2.93. The van der Waals surface area contributed by atoms with Crippen LogP contribution in [0.4, 0.5) is 0 Å². The fraction of sp³-hybridized carbons (Fsp3) is 0.500. The third kappa shape index (κ3) is 3.08. The first kappa shape index (κ1) is 12.8. The van der Waals surface area contributed by atoms with Gasteiger partial charge in [-0.25, -0.2) is 0 Å². The van der Waals surface area contributed by atoms with E-state index in [-0.39, 0.29) is 5.41 Å². The van der Waals surface area contributed by atoms with Crippen molar-refractivity contribution in [3.05, 3.63) is 27.3 Å². The minimum atomic E-state index is 0.0707. The number of rotatable bonds is 4. The van der Waals surface area contributed by atoms with Gasteiger partial charge in [-0.1, -0.05) is 13.8 Å². The first-order valence-electron chi connectivity index (χ1n) is 5.05. The topological polar surface area (TPSA) is 35.2 Å². The van der Waals surface area contributed by atoms with Crippen LogP contribution in [-0.4, -0.2) is 13.7 Å². The molecule has 1 aromatic carbocycles. The molecule has 0 aliphatic rings. The summed E-state index contributed by atoms with van der Waals surface area (Å²) in [4.78, 5) is 0. The normalized spacial score (nSPS) is 11.5. The lowest BCUT2D eigenvalue weighted by Gasteiger charge is -2.26. The van der Waals surface area contributed by atoms with E-state index in [0.29, 0.717) is 6.54 Å². The summed E-state index contributed by atoms with van der Waals surface area (Å²) in [6.07, 6.45) is 0.962. The van der Waals surface area contributed by atoms with Gasteiger partial charge in [0.15, 0.2) is 0 Å². The van der Waals surface area contributed by atoms with E-state index in [2.05, 4.69) is 48.6 Å². The lowest BCUT2D eigenvalue weighted by atomic mass is 9.81. The summed E-state index contributed by atoms with van der Waals surface area (Å²) in [5.74, 6) is 0.953. The molecular formula is C12H18INO. The Morgan fingerprint density at radius 2 is 2.07 bits per heavy atom. The maximum absolute atomic E-state index is 5.64. The molecule has 0 saturated heterocycles. The van der Waals surface area contributed by atoms with Crippen molar-refractivity contribution in [1.29, 1.82) is 0 Å². The first-order valence-corrected chi connectivity index (χ1v) is 6.13. The molecule has 0 heterocycles. The number of hydrogen-bond acceptors (Lipinski definition) is 2. The molecule has 0 unspecified atom stereocenters. The Hall–Kier alpha value is -0.290. The van der Waals surface area contributed by atoms with Crippen LogP contribution in [0, 0.1) is 3.57 Å². The second kappa shape index (κ2) is 5.16. The molecule has 2 nitrogen and oxygen atoms in total. The second-order valence-corrected chi connectivity index (χ2v) is 5.51. The molecule has 0 aliphatic heterocycles. The number of benzene rings is 1. The highest BCUT2D eigenvalue weighted by atomic mass is 127. The Morgan fingerprint density at radius 1 is 1.40 bits per heavy atom. The van der Waals surface area contributed by atoms with Gasteiger partial charge in [-0.15, -0.1) is 0 Å². The van der Waals surface area contributed by atoms with E-state index in [1.807, 2.05) is 6.07 Å². The number of nitrogens with two attached hydrogens (primary N) is 1. The highest BCUT2D eigenvalue weighted by Gasteiger charge is 2.23. The van der Waals surface area contributed by atoms with Gasteiger partial charge in [0, 0.05) is 9.13 Å². The monoisotopic (exact) mass is 319 g/mol. The SMILES string of the molecule is COc1ccc(I)cc1C(C)(C)CCN. The van der Waals surface area contributed by atoms with Gasteiger partial charge in [-0.2, -0.15) is 0 Å². The summed E-state index contributed by atoms with van der Waals surface area (Å²) in [6, 6.07) is 6.26. The smallest absolute Gasteiger partial charge is 0.122 e. The first-order chi connectivity index (χ1) is 7.01. The zero-order valence-corrected chi connectivity index (χ0v) is 11.7. The van der Waals surface area contributed by atoms with Crippen molar-refractivity contribution in [3.8, 4) is 5.75 Å². The van der Waals surface area contributed by atoms with Gasteiger partial charge in [0.1, 0.15) is 5.75 Å². The molecule has 0 fully saturated rings. The molecule has 0 saturated carbocycles. The van der Waals surface area contributed by atoms with Gasteiger partial charge in [0.2, 0.25) is 0 Å². The van der Waals surface area contributed by atoms with Gasteiger partial charge < -0.3 is 10.5 Å². The lowest BCUT2D eigenvalue weighted by molar-refractivity contribution is 0.386. The summed E-state index contributed by atoms with van der Waals surface area (Å²) in [5, 5.41) is 0. The van der Waals surface area contributed by atoms with Crippen molar-refractivity contribution in [3.63, 3.8) is 0 Å². The van der Waals surface area contributed by atoms with Crippen molar-refractivity contribution >= 4 is 22.6 Å². The highest BCUT2D eigenvalue weighted by Crippen LogP contribution is 2.34. The van der Waals surface area contributed by atoms with Crippen molar-refractivity contribution in [2.75, 3.05) is 13.7 Å². The number of ether oxygens (including phenoxy) is 1. The molecule has 0 bridgehead atoms. The average Bonchev–Trinajstić information content (AvgIpc) is 2.17. The van der Waals surface area contributed by atoms with Gasteiger partial charge >= 0.3 is 0 Å². The Morgan fingerprint density at radius 3 is 2.60 bits per heavy atom. The molecule has 0 amide bonds. The summed E-state index contributed by atoms with van der Waals surface area (Å²) in [5.41, 5.74) is 6.95. The van der Waals surface area contributed by atoms with Crippen molar-refractivity contribution in [2.45, 2.75) is 25.7 Å². The van der Waals surface area contributed by atoms with E-state index >= 15 is 0 Å². The Balaban J connectivity index is 3.15. The fourth-order valence-electron chi connectivity index (χ4n) is 1.70. The van der Waals surface area contributed by atoms with E-state index in [4.69, 9.17) is 10.5 Å². The molecule has 0 atom stereocenters. The minimum absolute atomic E-state index is 0.0707. The van der Waals surface area contributed by atoms with Crippen LogP contribution in [0.2, 0.25) is 0 Å². The van der Waals surface area contributed by atoms with E-state index < -0.39 is 0 Å². The Kier molecular flexibility index (Phi) is 4.40. The molecule has 3 heteroatoms. The van der Waals surface area contributed by atoms with E-state index in [1.165, 1.54) is 9.13 Å². The maximum Gasteiger partial charge on any atom is 0.122 e. The lowest BCUT2D eigenvalue weighted by Crippen LogP contribution is -2.22. The molecule has 1 rings (SSSR count). The Labute approximate surface area is 105 Å². The summed E-state index contributed by atoms with van der Waals surface area (Å²) in [6.45, 7) is 5.10. The van der Waals surface area contributed by atoms with E-state index in [1.54, 1.807) is 7.11 Å². The van der Waals surface area contributed by atoms with Crippen LogP contribution in [-0.2, 0) is 5.41 Å². The van der Waals surface area contributed by atoms with Crippen LogP contribution in [0.15, 0.2) is 18.2 Å². The summed E-state index contributed by atoms with van der Waals surface area (Å²) in [7, 11) is 1.71. The van der Waals surface area contributed by atoms with Gasteiger partial charge in [-0.3, -0.25) is 0 Å². The zero-order chi connectivity index (χ0) is 11.5. The third-order valence-corrected chi connectivity index (χ3v) is 3.33. The van der Waals surface area contributed by atoms with Crippen LogP contribution in [0.5, 0.6) is 5.75 Å². The van der Waals surface area contributed by atoms with Crippen LogP contribution >= 0.6 is 22.6 Å². The highest BCUT2D eigenvalue weighted by molar-refractivity contribution is 14.1. The van der Waals surface area contributed by atoms with Crippen LogP contribution in [0.1, 0.15) is 25.8 Å². The van der Waals surface area contributed by atoms with Gasteiger partial charge in [0.25, 0.3) is 0 Å². The minimum Gasteiger partial charge on any atom is -0.496 e. The molecule has 0 spiro atoms. The molecule has 2 N–H and O–H groups in total. The quantitative estimate of drug-likeness (QED) is 0.866. The fourth-order valence-corrected chi connectivity index (χ4v) is 2.20. The molecular weight excluding hydrogens is 301 g/mol. The van der Waals surface area contributed by atoms with Gasteiger partial charge in [-0.05, 0) is 59.2 Å². The van der Waals surface area contributed by atoms with Gasteiger partial charge in [0.05, 0.1) is 7.11 Å². The zero-order valence-electron chi connectivity index (χ0n) is 9.51.